The Kier molecular flexibility index (Phi) is 8.91. The van der Waals surface area contributed by atoms with E-state index in [-0.39, 0.29) is 30.7 Å². The van der Waals surface area contributed by atoms with E-state index < -0.39 is 0 Å². The second kappa shape index (κ2) is 14.4. The first-order chi connectivity index (χ1) is 25.8. The fourth-order valence-corrected chi connectivity index (χ4v) is 7.66. The summed E-state index contributed by atoms with van der Waals surface area (Å²) in [6.45, 7) is 0. The predicted octanol–water partition coefficient (Wildman–Crippen LogP) is 9.66. The molecule has 0 aliphatic carbocycles. The molecule has 254 valence electrons. The van der Waals surface area contributed by atoms with Crippen molar-refractivity contribution >= 4 is 16.5 Å². The quantitative estimate of drug-likeness (QED) is 0.117. The molecule has 0 spiro atoms. The lowest BCUT2D eigenvalue weighted by atomic mass is 9.89. The number of hydrogen-bond acceptors (Lipinski definition) is 5. The fraction of sp³-hybridized carbons (Fsp3) is 0.106. The van der Waals surface area contributed by atoms with E-state index in [0.717, 1.165) is 5.70 Å². The van der Waals surface area contributed by atoms with Gasteiger partial charge in [0.15, 0.2) is 0 Å². The number of fused-ring (bicyclic) bond motifs is 1. The van der Waals surface area contributed by atoms with Crippen molar-refractivity contribution in [2.75, 3.05) is 0 Å². The van der Waals surface area contributed by atoms with E-state index >= 15 is 0 Å². The van der Waals surface area contributed by atoms with Crippen LogP contribution >= 0.6 is 0 Å². The van der Waals surface area contributed by atoms with Crippen LogP contribution in [0.1, 0.15) is 64.1 Å². The number of hydrogen-bond donors (Lipinski definition) is 5. The zero-order chi connectivity index (χ0) is 34.7. The third-order valence-electron chi connectivity index (χ3n) is 10.3. The van der Waals surface area contributed by atoms with Crippen molar-refractivity contribution in [1.82, 2.24) is 26.6 Å². The molecule has 0 amide bonds. The second-order valence-electron chi connectivity index (χ2n) is 13.6. The third kappa shape index (κ3) is 6.55. The average molecular weight is 676 g/mol. The highest BCUT2D eigenvalue weighted by molar-refractivity contribution is 5.98. The molecule has 7 aromatic rings. The first-order valence-corrected chi connectivity index (χ1v) is 18.1. The number of nitrogens with one attached hydrogen (secondary N) is 5. The van der Waals surface area contributed by atoms with Crippen molar-refractivity contribution in [3.8, 4) is 11.1 Å². The molecule has 0 aromatic heterocycles. The summed E-state index contributed by atoms with van der Waals surface area (Å²) in [6, 6.07) is 65.0. The van der Waals surface area contributed by atoms with Gasteiger partial charge in [0.2, 0.25) is 0 Å². The van der Waals surface area contributed by atoms with Crippen LogP contribution in [0.3, 0.4) is 0 Å². The van der Waals surface area contributed by atoms with Gasteiger partial charge in [0, 0.05) is 5.70 Å². The molecule has 1 saturated heterocycles. The Hall–Kier alpha value is -5.82. The molecular formula is C47H41N5. The van der Waals surface area contributed by atoms with Crippen LogP contribution in [0.15, 0.2) is 188 Å². The normalized spacial score (nSPS) is 21.6. The largest absolute Gasteiger partial charge is 0.366 e. The van der Waals surface area contributed by atoms with E-state index in [1.165, 1.54) is 55.3 Å². The SMILES string of the molecule is C1=C(c2ccccc2)NC(c2ccccc2)NC1c1ccc(-c2c(C3NC(c4ccccc4)NC(c4ccccc4)N3)ccc3ccccc23)cc1. The standard InChI is InChI=1S/C47H41N5/c1-5-16-33(17-6-1)41-31-42(49-44(48-41)36-18-7-2-8-19-36)34-25-27-35(28-26-34)43-39-24-14-13-15-32(39)29-30-40(43)47-51-45(37-20-9-3-10-21-37)50-46(52-47)38-22-11-4-12-23-38/h1-31,42,44-52H. The highest BCUT2D eigenvalue weighted by atomic mass is 15.4. The van der Waals surface area contributed by atoms with Crippen LogP contribution in [0, 0.1) is 0 Å². The maximum absolute atomic E-state index is 3.92. The molecule has 2 aliphatic rings. The van der Waals surface area contributed by atoms with Crippen molar-refractivity contribution in [3.63, 3.8) is 0 Å². The Morgan fingerprint density at radius 1 is 0.346 bits per heavy atom. The Labute approximate surface area is 305 Å². The Balaban J connectivity index is 1.10. The van der Waals surface area contributed by atoms with Gasteiger partial charge in [0.1, 0.15) is 6.17 Å². The van der Waals surface area contributed by atoms with Gasteiger partial charge in [-0.3, -0.25) is 21.3 Å². The summed E-state index contributed by atoms with van der Waals surface area (Å²) >= 11 is 0. The molecule has 2 heterocycles. The maximum atomic E-state index is 3.92. The molecule has 52 heavy (non-hydrogen) atoms. The van der Waals surface area contributed by atoms with Crippen LogP contribution in [0.5, 0.6) is 0 Å². The zero-order valence-corrected chi connectivity index (χ0v) is 28.8. The highest BCUT2D eigenvalue weighted by Gasteiger charge is 2.31. The highest BCUT2D eigenvalue weighted by Crippen LogP contribution is 2.39. The van der Waals surface area contributed by atoms with E-state index in [9.17, 15) is 0 Å². The van der Waals surface area contributed by atoms with Gasteiger partial charge in [0.05, 0.1) is 24.5 Å². The number of benzene rings is 7. The monoisotopic (exact) mass is 675 g/mol. The van der Waals surface area contributed by atoms with E-state index in [0.29, 0.717) is 0 Å². The van der Waals surface area contributed by atoms with Crippen molar-refractivity contribution in [1.29, 1.82) is 0 Å². The summed E-state index contributed by atoms with van der Waals surface area (Å²) < 4.78 is 0. The van der Waals surface area contributed by atoms with Gasteiger partial charge in [-0.05, 0) is 61.4 Å². The van der Waals surface area contributed by atoms with Gasteiger partial charge in [-0.25, -0.2) is 0 Å². The number of rotatable bonds is 7. The van der Waals surface area contributed by atoms with Crippen LogP contribution < -0.4 is 26.6 Å². The van der Waals surface area contributed by atoms with Crippen molar-refractivity contribution in [3.05, 3.63) is 221 Å². The third-order valence-corrected chi connectivity index (χ3v) is 10.3. The molecule has 7 aromatic carbocycles. The van der Waals surface area contributed by atoms with Crippen molar-refractivity contribution in [2.45, 2.75) is 30.7 Å². The maximum Gasteiger partial charge on any atom is 0.104 e. The van der Waals surface area contributed by atoms with Gasteiger partial charge in [-0.1, -0.05) is 182 Å². The van der Waals surface area contributed by atoms with Gasteiger partial charge in [-0.2, -0.15) is 0 Å². The van der Waals surface area contributed by atoms with Crippen LogP contribution in [-0.2, 0) is 0 Å². The molecule has 5 heteroatoms. The van der Waals surface area contributed by atoms with E-state index in [1.54, 1.807) is 0 Å². The van der Waals surface area contributed by atoms with Gasteiger partial charge < -0.3 is 5.32 Å². The molecule has 9 rings (SSSR count). The molecule has 1 fully saturated rings. The molecule has 5 nitrogen and oxygen atoms in total. The molecule has 4 unspecified atom stereocenters. The van der Waals surface area contributed by atoms with Crippen LogP contribution in [0.25, 0.3) is 27.6 Å². The summed E-state index contributed by atoms with van der Waals surface area (Å²) in [5, 5.41) is 21.7. The Bertz CT molecular complexity index is 2240. The first kappa shape index (κ1) is 32.1. The van der Waals surface area contributed by atoms with Gasteiger partial charge in [-0.15, -0.1) is 0 Å². The van der Waals surface area contributed by atoms with Crippen LogP contribution in [0.4, 0.5) is 0 Å². The molecule has 0 saturated carbocycles. The Morgan fingerprint density at radius 2 is 0.865 bits per heavy atom. The van der Waals surface area contributed by atoms with Crippen molar-refractivity contribution < 1.29 is 0 Å². The first-order valence-electron chi connectivity index (χ1n) is 18.1. The van der Waals surface area contributed by atoms with Crippen LogP contribution in [-0.4, -0.2) is 0 Å². The van der Waals surface area contributed by atoms with E-state index in [4.69, 9.17) is 0 Å². The van der Waals surface area contributed by atoms with Gasteiger partial charge in [0.25, 0.3) is 0 Å². The summed E-state index contributed by atoms with van der Waals surface area (Å²) in [7, 11) is 0. The Morgan fingerprint density at radius 3 is 1.48 bits per heavy atom. The molecule has 2 aliphatic heterocycles. The zero-order valence-electron chi connectivity index (χ0n) is 28.8. The minimum Gasteiger partial charge on any atom is -0.366 e. The van der Waals surface area contributed by atoms with Crippen molar-refractivity contribution in [2.24, 2.45) is 0 Å². The molecule has 0 radical (unpaired) electrons. The average Bonchev–Trinajstić information content (AvgIpc) is 3.24. The smallest absolute Gasteiger partial charge is 0.104 e. The molecule has 0 bridgehead atoms. The molecule has 5 N–H and O–H groups in total. The topological polar surface area (TPSA) is 60.1 Å². The fourth-order valence-electron chi connectivity index (χ4n) is 7.66. The second-order valence-corrected chi connectivity index (χ2v) is 13.6. The lowest BCUT2D eigenvalue weighted by Crippen LogP contribution is -2.54. The summed E-state index contributed by atoms with van der Waals surface area (Å²) in [6.07, 6.45) is 2.07. The summed E-state index contributed by atoms with van der Waals surface area (Å²) in [5.74, 6) is 0. The minimum atomic E-state index is -0.120. The summed E-state index contributed by atoms with van der Waals surface area (Å²) in [5.41, 5.74) is 10.8. The lowest BCUT2D eigenvalue weighted by Gasteiger charge is -2.40. The molecule has 4 atom stereocenters. The van der Waals surface area contributed by atoms with E-state index in [1.807, 2.05) is 0 Å². The molecular weight excluding hydrogens is 635 g/mol. The lowest BCUT2D eigenvalue weighted by molar-refractivity contribution is 0.203. The minimum absolute atomic E-state index is 0.0220. The predicted molar refractivity (Wildman–Crippen MR) is 213 cm³/mol. The van der Waals surface area contributed by atoms with Crippen LogP contribution in [0.2, 0.25) is 0 Å². The van der Waals surface area contributed by atoms with Gasteiger partial charge >= 0.3 is 0 Å². The summed E-state index contributed by atoms with van der Waals surface area (Å²) in [4.78, 5) is 0. The van der Waals surface area contributed by atoms with E-state index in [2.05, 4.69) is 215 Å².